The number of hydrogen-bond donors (Lipinski definition) is 2. The van der Waals surface area contributed by atoms with Gasteiger partial charge in [-0.1, -0.05) is 12.1 Å². The lowest BCUT2D eigenvalue weighted by Crippen LogP contribution is -2.31. The molecule has 0 unspecified atom stereocenters. The molecule has 1 aliphatic rings. The van der Waals surface area contributed by atoms with Crippen LogP contribution in [0.3, 0.4) is 0 Å². The van der Waals surface area contributed by atoms with Crippen molar-refractivity contribution in [2.45, 2.75) is 25.8 Å². The molecule has 3 N–H and O–H groups in total. The van der Waals surface area contributed by atoms with Crippen LogP contribution in [0.5, 0.6) is 5.75 Å². The Bertz CT molecular complexity index is 438. The summed E-state index contributed by atoms with van der Waals surface area (Å²) in [5.41, 5.74) is 7.03. The molecule has 1 fully saturated rings. The Labute approximate surface area is 127 Å². The van der Waals surface area contributed by atoms with E-state index in [0.29, 0.717) is 12.5 Å². The van der Waals surface area contributed by atoms with E-state index in [-0.39, 0.29) is 0 Å². The van der Waals surface area contributed by atoms with Gasteiger partial charge in [0.25, 0.3) is 0 Å². The highest BCUT2D eigenvalue weighted by atomic mass is 16.5. The van der Waals surface area contributed by atoms with Crippen molar-refractivity contribution in [2.24, 2.45) is 10.7 Å². The highest BCUT2D eigenvalue weighted by molar-refractivity contribution is 5.77. The summed E-state index contributed by atoms with van der Waals surface area (Å²) >= 11 is 0. The van der Waals surface area contributed by atoms with E-state index >= 15 is 0 Å². The van der Waals surface area contributed by atoms with Crippen molar-refractivity contribution in [2.75, 3.05) is 33.3 Å². The van der Waals surface area contributed by atoms with Crippen molar-refractivity contribution in [3.8, 4) is 5.75 Å². The lowest BCUT2D eigenvalue weighted by atomic mass is 10.2. The molecule has 0 aromatic heterocycles. The minimum atomic E-state index is 0.521. The highest BCUT2D eigenvalue weighted by Gasteiger charge is 2.09. The van der Waals surface area contributed by atoms with Gasteiger partial charge in [-0.25, -0.2) is 0 Å². The fraction of sp³-hybridized carbons (Fsp3) is 0.562. The normalized spacial score (nSPS) is 16.1. The Hall–Kier alpha value is -1.75. The molecule has 2 rings (SSSR count). The van der Waals surface area contributed by atoms with Crippen molar-refractivity contribution in [1.29, 1.82) is 0 Å². The van der Waals surface area contributed by atoms with Gasteiger partial charge in [-0.15, -0.1) is 0 Å². The number of likely N-dealkylation sites (tertiary alicyclic amines) is 1. The van der Waals surface area contributed by atoms with E-state index in [9.17, 15) is 0 Å². The molecule has 0 spiro atoms. The highest BCUT2D eigenvalue weighted by Crippen LogP contribution is 2.10. The minimum absolute atomic E-state index is 0.521. The minimum Gasteiger partial charge on any atom is -0.497 e. The zero-order valence-electron chi connectivity index (χ0n) is 12.8. The van der Waals surface area contributed by atoms with Crippen LogP contribution in [0.2, 0.25) is 0 Å². The largest absolute Gasteiger partial charge is 0.497 e. The number of nitrogens with zero attached hydrogens (tertiary/aromatic N) is 2. The number of methoxy groups -OCH3 is 1. The maximum absolute atomic E-state index is 5.87. The second kappa shape index (κ2) is 8.52. The molecule has 0 amide bonds. The zero-order valence-corrected chi connectivity index (χ0v) is 12.8. The number of benzene rings is 1. The number of nitrogens with two attached hydrogens (primary N) is 1. The maximum Gasteiger partial charge on any atom is 0.188 e. The Morgan fingerprint density at radius 1 is 1.29 bits per heavy atom. The van der Waals surface area contributed by atoms with Gasteiger partial charge >= 0.3 is 0 Å². The van der Waals surface area contributed by atoms with E-state index in [2.05, 4.69) is 15.2 Å². The number of guanidine groups is 1. The van der Waals surface area contributed by atoms with Crippen molar-refractivity contribution in [3.05, 3.63) is 29.8 Å². The van der Waals surface area contributed by atoms with Crippen molar-refractivity contribution < 1.29 is 4.74 Å². The monoisotopic (exact) mass is 290 g/mol. The predicted molar refractivity (Wildman–Crippen MR) is 86.6 cm³/mol. The van der Waals surface area contributed by atoms with Crippen LogP contribution in [0.1, 0.15) is 24.8 Å². The number of hydrogen-bond acceptors (Lipinski definition) is 3. The second-order valence-corrected chi connectivity index (χ2v) is 5.37. The zero-order chi connectivity index (χ0) is 14.9. The molecule has 0 aliphatic carbocycles. The fourth-order valence-electron chi connectivity index (χ4n) is 2.49. The average Bonchev–Trinajstić information content (AvgIpc) is 3.03. The molecule has 5 heteroatoms. The number of nitrogens with one attached hydrogen (secondary N) is 1. The van der Waals surface area contributed by atoms with Gasteiger partial charge in [0.05, 0.1) is 7.11 Å². The molecule has 116 valence electrons. The number of ether oxygens (including phenoxy) is 1. The van der Waals surface area contributed by atoms with Crippen LogP contribution in [-0.2, 0) is 6.54 Å². The SMILES string of the molecule is COc1ccc(CNC(N)=NCCCN2CCCC2)cc1. The molecule has 1 heterocycles. The summed E-state index contributed by atoms with van der Waals surface area (Å²) in [6.45, 7) is 5.10. The lowest BCUT2D eigenvalue weighted by Gasteiger charge is -2.13. The van der Waals surface area contributed by atoms with E-state index in [4.69, 9.17) is 10.5 Å². The summed E-state index contributed by atoms with van der Waals surface area (Å²) in [7, 11) is 1.67. The summed E-state index contributed by atoms with van der Waals surface area (Å²) in [6.07, 6.45) is 3.76. The molecule has 0 saturated carbocycles. The first-order chi connectivity index (χ1) is 10.3. The van der Waals surface area contributed by atoms with E-state index in [1.165, 1.54) is 25.9 Å². The van der Waals surface area contributed by atoms with Gasteiger partial charge in [-0.05, 0) is 56.6 Å². The van der Waals surface area contributed by atoms with Gasteiger partial charge < -0.3 is 20.7 Å². The van der Waals surface area contributed by atoms with Crippen LogP contribution >= 0.6 is 0 Å². The first-order valence-electron chi connectivity index (χ1n) is 7.67. The molecular formula is C16H26N4O. The molecule has 1 saturated heterocycles. The maximum atomic E-state index is 5.87. The van der Waals surface area contributed by atoms with Crippen molar-refractivity contribution >= 4 is 5.96 Å². The molecule has 1 aromatic rings. The molecule has 5 nitrogen and oxygen atoms in total. The molecule has 0 atom stereocenters. The summed E-state index contributed by atoms with van der Waals surface area (Å²) < 4.78 is 5.13. The van der Waals surface area contributed by atoms with Crippen LogP contribution in [0.15, 0.2) is 29.3 Å². The second-order valence-electron chi connectivity index (χ2n) is 5.37. The van der Waals surface area contributed by atoms with E-state index < -0.39 is 0 Å². The fourth-order valence-corrected chi connectivity index (χ4v) is 2.49. The van der Waals surface area contributed by atoms with Crippen LogP contribution in [0.4, 0.5) is 0 Å². The smallest absolute Gasteiger partial charge is 0.188 e. The van der Waals surface area contributed by atoms with Gasteiger partial charge in [0.15, 0.2) is 5.96 Å². The summed E-state index contributed by atoms with van der Waals surface area (Å²) in [5, 5.41) is 3.14. The Morgan fingerprint density at radius 3 is 2.67 bits per heavy atom. The summed E-state index contributed by atoms with van der Waals surface area (Å²) in [6, 6.07) is 7.93. The molecule has 1 aromatic carbocycles. The molecule has 1 aliphatic heterocycles. The number of rotatable bonds is 7. The standard InChI is InChI=1S/C16H26N4O/c1-21-15-7-5-14(6-8-15)13-19-16(17)18-9-4-12-20-10-2-3-11-20/h5-8H,2-4,9-13H2,1H3,(H3,17,18,19). The number of aliphatic imine (C=N–C) groups is 1. The van der Waals surface area contributed by atoms with Crippen LogP contribution < -0.4 is 15.8 Å². The topological polar surface area (TPSA) is 62.9 Å². The van der Waals surface area contributed by atoms with E-state index in [1.54, 1.807) is 7.11 Å². The van der Waals surface area contributed by atoms with Gasteiger partial charge in [-0.3, -0.25) is 4.99 Å². The molecule has 0 bridgehead atoms. The van der Waals surface area contributed by atoms with Gasteiger partial charge in [0.1, 0.15) is 5.75 Å². The Kier molecular flexibility index (Phi) is 6.34. The first-order valence-corrected chi connectivity index (χ1v) is 7.67. The third-order valence-electron chi connectivity index (χ3n) is 3.75. The van der Waals surface area contributed by atoms with Gasteiger partial charge in [0, 0.05) is 13.1 Å². The molecular weight excluding hydrogens is 264 g/mol. The third kappa shape index (κ3) is 5.63. The van der Waals surface area contributed by atoms with Crippen LogP contribution in [0, 0.1) is 0 Å². The lowest BCUT2D eigenvalue weighted by molar-refractivity contribution is 0.336. The van der Waals surface area contributed by atoms with E-state index in [0.717, 1.165) is 30.8 Å². The Morgan fingerprint density at radius 2 is 2.00 bits per heavy atom. The summed E-state index contributed by atoms with van der Waals surface area (Å²) in [5.74, 6) is 1.38. The van der Waals surface area contributed by atoms with Gasteiger partial charge in [0.2, 0.25) is 0 Å². The average molecular weight is 290 g/mol. The summed E-state index contributed by atoms with van der Waals surface area (Å²) in [4.78, 5) is 6.86. The molecule has 21 heavy (non-hydrogen) atoms. The van der Waals surface area contributed by atoms with Gasteiger partial charge in [-0.2, -0.15) is 0 Å². The van der Waals surface area contributed by atoms with Crippen LogP contribution in [0.25, 0.3) is 0 Å². The Balaban J connectivity index is 1.63. The first kappa shape index (κ1) is 15.6. The van der Waals surface area contributed by atoms with Crippen LogP contribution in [-0.4, -0.2) is 44.1 Å². The van der Waals surface area contributed by atoms with E-state index in [1.807, 2.05) is 24.3 Å². The third-order valence-corrected chi connectivity index (χ3v) is 3.75. The predicted octanol–water partition coefficient (Wildman–Crippen LogP) is 1.59. The van der Waals surface area contributed by atoms with Crippen molar-refractivity contribution in [1.82, 2.24) is 10.2 Å². The molecule has 0 radical (unpaired) electrons. The quantitative estimate of drug-likeness (QED) is 0.455. The van der Waals surface area contributed by atoms with Crippen molar-refractivity contribution in [3.63, 3.8) is 0 Å².